The fourth-order valence-electron chi connectivity index (χ4n) is 3.85. The number of carbonyl (C=O) groups is 1. The summed E-state index contributed by atoms with van der Waals surface area (Å²) in [4.78, 5) is 12.8. The highest BCUT2D eigenvalue weighted by Gasteiger charge is 2.44. The molecule has 2 N–H and O–H groups in total. The summed E-state index contributed by atoms with van der Waals surface area (Å²) in [7, 11) is 0. The maximum Gasteiger partial charge on any atom is 0.228 e. The van der Waals surface area contributed by atoms with E-state index in [1.165, 1.54) is 12.8 Å². The molecule has 2 aliphatic rings. The highest BCUT2D eigenvalue weighted by atomic mass is 16.2. The first-order valence-corrected chi connectivity index (χ1v) is 7.97. The van der Waals surface area contributed by atoms with Gasteiger partial charge in [-0.3, -0.25) is 4.79 Å². The third-order valence-corrected chi connectivity index (χ3v) is 5.49. The van der Waals surface area contributed by atoms with Crippen molar-refractivity contribution in [2.24, 2.45) is 23.2 Å². The number of nitrogens with one attached hydrogen (secondary N) is 2. The van der Waals surface area contributed by atoms with Crippen LogP contribution in [-0.4, -0.2) is 25.0 Å². The summed E-state index contributed by atoms with van der Waals surface area (Å²) in [5.41, 5.74) is -0.178. The van der Waals surface area contributed by atoms with Crippen LogP contribution in [0, 0.1) is 23.2 Å². The van der Waals surface area contributed by atoms with Crippen LogP contribution in [0.3, 0.4) is 0 Å². The molecular formula is C16H30N2O. The van der Waals surface area contributed by atoms with Crippen molar-refractivity contribution < 1.29 is 4.79 Å². The Morgan fingerprint density at radius 3 is 2.58 bits per heavy atom. The summed E-state index contributed by atoms with van der Waals surface area (Å²) in [5, 5.41) is 6.74. The summed E-state index contributed by atoms with van der Waals surface area (Å²) >= 11 is 0. The largest absolute Gasteiger partial charge is 0.353 e. The van der Waals surface area contributed by atoms with E-state index in [-0.39, 0.29) is 5.41 Å². The van der Waals surface area contributed by atoms with Crippen molar-refractivity contribution in [3.8, 4) is 0 Å². The minimum Gasteiger partial charge on any atom is -0.353 e. The van der Waals surface area contributed by atoms with Gasteiger partial charge in [-0.25, -0.2) is 0 Å². The molecular weight excluding hydrogens is 236 g/mol. The Kier molecular flexibility index (Phi) is 4.54. The summed E-state index contributed by atoms with van der Waals surface area (Å²) < 4.78 is 0. The van der Waals surface area contributed by atoms with Gasteiger partial charge >= 0.3 is 0 Å². The molecule has 1 saturated heterocycles. The van der Waals surface area contributed by atoms with Gasteiger partial charge in [0.1, 0.15) is 0 Å². The summed E-state index contributed by atoms with van der Waals surface area (Å²) in [6.07, 6.45) is 4.63. The van der Waals surface area contributed by atoms with E-state index in [1.54, 1.807) is 0 Å². The topological polar surface area (TPSA) is 41.1 Å². The van der Waals surface area contributed by atoms with E-state index in [0.717, 1.165) is 31.8 Å². The molecule has 1 saturated carbocycles. The van der Waals surface area contributed by atoms with Crippen LogP contribution in [0.2, 0.25) is 0 Å². The molecule has 0 spiro atoms. The van der Waals surface area contributed by atoms with Gasteiger partial charge in [-0.15, -0.1) is 0 Å². The Morgan fingerprint density at radius 1 is 1.32 bits per heavy atom. The molecule has 4 unspecified atom stereocenters. The molecule has 2 fully saturated rings. The summed E-state index contributed by atoms with van der Waals surface area (Å²) in [6.45, 7) is 10.8. The van der Waals surface area contributed by atoms with Crippen LogP contribution in [0.4, 0.5) is 0 Å². The van der Waals surface area contributed by atoms with Gasteiger partial charge in [0.25, 0.3) is 0 Å². The number of amides is 1. The molecule has 0 bridgehead atoms. The monoisotopic (exact) mass is 266 g/mol. The lowest BCUT2D eigenvalue weighted by molar-refractivity contribution is -0.133. The Labute approximate surface area is 117 Å². The molecule has 0 aromatic heterocycles. The van der Waals surface area contributed by atoms with Gasteiger partial charge in [0.2, 0.25) is 5.91 Å². The molecule has 1 aliphatic heterocycles. The van der Waals surface area contributed by atoms with E-state index in [4.69, 9.17) is 0 Å². The van der Waals surface area contributed by atoms with Crippen LogP contribution in [0.25, 0.3) is 0 Å². The standard InChI is InChI=1S/C16H30N2O/c1-11(2)16(7-8-17-10-16)15(19)18-14-6-5-12(3)9-13(14)4/h11-14,17H,5-10H2,1-4H3,(H,18,19). The number of hydrogen-bond donors (Lipinski definition) is 2. The second-order valence-electron chi connectivity index (χ2n) is 7.21. The predicted octanol–water partition coefficient (Wildman–Crippen LogP) is 2.56. The van der Waals surface area contributed by atoms with Gasteiger partial charge in [0.05, 0.1) is 5.41 Å². The Balaban J connectivity index is 2.00. The molecule has 1 aliphatic carbocycles. The van der Waals surface area contributed by atoms with E-state index in [2.05, 4.69) is 38.3 Å². The second kappa shape index (κ2) is 5.82. The summed E-state index contributed by atoms with van der Waals surface area (Å²) in [5.74, 6) is 2.13. The van der Waals surface area contributed by atoms with E-state index >= 15 is 0 Å². The predicted molar refractivity (Wildman–Crippen MR) is 78.9 cm³/mol. The Hall–Kier alpha value is -0.570. The van der Waals surface area contributed by atoms with Gasteiger partial charge in [0.15, 0.2) is 0 Å². The molecule has 2 rings (SSSR count). The fourth-order valence-corrected chi connectivity index (χ4v) is 3.85. The Morgan fingerprint density at radius 2 is 2.05 bits per heavy atom. The normalized spacial score (nSPS) is 39.5. The Bertz CT molecular complexity index is 321. The van der Waals surface area contributed by atoms with Crippen molar-refractivity contribution in [2.45, 2.75) is 59.4 Å². The molecule has 19 heavy (non-hydrogen) atoms. The maximum atomic E-state index is 12.8. The minimum absolute atomic E-state index is 0.178. The van der Waals surface area contributed by atoms with E-state index in [0.29, 0.717) is 23.8 Å². The average Bonchev–Trinajstić information content (AvgIpc) is 2.83. The molecule has 3 heteroatoms. The molecule has 1 heterocycles. The smallest absolute Gasteiger partial charge is 0.228 e. The fraction of sp³-hybridized carbons (Fsp3) is 0.938. The van der Waals surface area contributed by atoms with Crippen molar-refractivity contribution >= 4 is 5.91 Å². The highest BCUT2D eigenvalue weighted by Crippen LogP contribution is 2.36. The molecule has 0 aromatic carbocycles. The van der Waals surface area contributed by atoms with Gasteiger partial charge in [0, 0.05) is 12.6 Å². The van der Waals surface area contributed by atoms with Crippen LogP contribution in [0.15, 0.2) is 0 Å². The van der Waals surface area contributed by atoms with Crippen LogP contribution in [-0.2, 0) is 4.79 Å². The zero-order chi connectivity index (χ0) is 14.0. The molecule has 0 aromatic rings. The lowest BCUT2D eigenvalue weighted by Gasteiger charge is -2.37. The third-order valence-electron chi connectivity index (χ3n) is 5.49. The van der Waals surface area contributed by atoms with Gasteiger partial charge in [-0.1, -0.05) is 27.7 Å². The first-order valence-electron chi connectivity index (χ1n) is 7.97. The lowest BCUT2D eigenvalue weighted by atomic mass is 9.74. The quantitative estimate of drug-likeness (QED) is 0.824. The van der Waals surface area contributed by atoms with Gasteiger partial charge in [-0.05, 0) is 50.0 Å². The number of carbonyl (C=O) groups excluding carboxylic acids is 1. The first-order chi connectivity index (χ1) is 8.95. The second-order valence-corrected chi connectivity index (χ2v) is 7.21. The third kappa shape index (κ3) is 2.96. The SMILES string of the molecule is CC1CCC(NC(=O)C2(C(C)C)CCNC2)C(C)C1. The average molecular weight is 266 g/mol. The summed E-state index contributed by atoms with van der Waals surface area (Å²) in [6, 6.07) is 0.389. The maximum absolute atomic E-state index is 12.8. The molecule has 3 nitrogen and oxygen atoms in total. The van der Waals surface area contributed by atoms with Gasteiger partial charge in [-0.2, -0.15) is 0 Å². The zero-order valence-corrected chi connectivity index (χ0v) is 13.0. The molecule has 110 valence electrons. The van der Waals surface area contributed by atoms with E-state index < -0.39 is 0 Å². The van der Waals surface area contributed by atoms with Crippen LogP contribution in [0.5, 0.6) is 0 Å². The van der Waals surface area contributed by atoms with E-state index in [1.807, 2.05) is 0 Å². The van der Waals surface area contributed by atoms with Crippen molar-refractivity contribution in [1.82, 2.24) is 10.6 Å². The molecule has 1 amide bonds. The van der Waals surface area contributed by atoms with Crippen molar-refractivity contribution in [2.75, 3.05) is 13.1 Å². The van der Waals surface area contributed by atoms with E-state index in [9.17, 15) is 4.79 Å². The molecule has 0 radical (unpaired) electrons. The van der Waals surface area contributed by atoms with Crippen molar-refractivity contribution in [3.63, 3.8) is 0 Å². The number of rotatable bonds is 3. The highest BCUT2D eigenvalue weighted by molar-refractivity contribution is 5.84. The molecule has 4 atom stereocenters. The van der Waals surface area contributed by atoms with Crippen LogP contribution < -0.4 is 10.6 Å². The number of hydrogen-bond acceptors (Lipinski definition) is 2. The van der Waals surface area contributed by atoms with Crippen molar-refractivity contribution in [3.05, 3.63) is 0 Å². The van der Waals surface area contributed by atoms with Gasteiger partial charge < -0.3 is 10.6 Å². The van der Waals surface area contributed by atoms with Crippen molar-refractivity contribution in [1.29, 1.82) is 0 Å². The lowest BCUT2D eigenvalue weighted by Crippen LogP contribution is -2.52. The first kappa shape index (κ1) is 14.8. The zero-order valence-electron chi connectivity index (χ0n) is 13.0. The van der Waals surface area contributed by atoms with Crippen LogP contribution >= 0.6 is 0 Å². The minimum atomic E-state index is -0.178. The van der Waals surface area contributed by atoms with Crippen LogP contribution in [0.1, 0.15) is 53.4 Å².